The second kappa shape index (κ2) is 8.48. The highest BCUT2D eigenvalue weighted by molar-refractivity contribution is 6.03. The topological polar surface area (TPSA) is 107 Å². The number of aromatic nitrogens is 4. The average Bonchev–Trinajstić information content (AvgIpc) is 3.29. The van der Waals surface area contributed by atoms with Crippen molar-refractivity contribution in [1.82, 2.24) is 20.2 Å². The number of rotatable bonds is 4. The van der Waals surface area contributed by atoms with E-state index in [0.717, 1.165) is 0 Å². The van der Waals surface area contributed by atoms with Crippen molar-refractivity contribution in [2.24, 2.45) is 0 Å². The molecular weight excluding hydrogens is 425 g/mol. The monoisotopic (exact) mass is 446 g/mol. The van der Waals surface area contributed by atoms with Gasteiger partial charge in [-0.15, -0.1) is 0 Å². The number of H-pyrrole nitrogens is 2. The van der Waals surface area contributed by atoms with Crippen LogP contribution in [0.25, 0.3) is 11.1 Å². The summed E-state index contributed by atoms with van der Waals surface area (Å²) >= 11 is 0. The van der Waals surface area contributed by atoms with Crippen molar-refractivity contribution in [2.75, 3.05) is 16.8 Å². The number of nitrogens with zero attached hydrogens (tertiary/aromatic N) is 3. The van der Waals surface area contributed by atoms with Crippen LogP contribution in [0.5, 0.6) is 0 Å². The molecule has 32 heavy (non-hydrogen) atoms. The Morgan fingerprint density at radius 2 is 2.03 bits per heavy atom. The van der Waals surface area contributed by atoms with E-state index < -0.39 is 23.7 Å². The van der Waals surface area contributed by atoms with Crippen molar-refractivity contribution in [3.05, 3.63) is 58.3 Å². The van der Waals surface area contributed by atoms with Crippen molar-refractivity contribution >= 4 is 17.5 Å². The highest BCUT2D eigenvalue weighted by Crippen LogP contribution is 2.35. The molecule has 3 aromatic rings. The predicted octanol–water partition coefficient (Wildman–Crippen LogP) is 3.64. The van der Waals surface area contributed by atoms with Crippen LogP contribution in [0.15, 0.2) is 41.6 Å². The third kappa shape index (κ3) is 4.51. The third-order valence-corrected chi connectivity index (χ3v) is 5.44. The largest absolute Gasteiger partial charge is 0.408 e. The van der Waals surface area contributed by atoms with E-state index in [-0.39, 0.29) is 24.6 Å². The van der Waals surface area contributed by atoms with E-state index in [1.807, 2.05) is 0 Å². The molecule has 168 valence electrons. The number of alkyl halides is 3. The van der Waals surface area contributed by atoms with Crippen LogP contribution in [0.4, 0.5) is 24.8 Å². The molecule has 8 nitrogen and oxygen atoms in total. The van der Waals surface area contributed by atoms with Crippen LogP contribution in [0.1, 0.15) is 35.2 Å². The minimum absolute atomic E-state index is 0.0196. The molecule has 0 aliphatic carbocycles. The van der Waals surface area contributed by atoms with Gasteiger partial charge in [-0.2, -0.15) is 18.3 Å². The summed E-state index contributed by atoms with van der Waals surface area (Å²) in [6, 6.07) is 2.80. The Bertz CT molecular complexity index is 1170. The number of amides is 1. The highest BCUT2D eigenvalue weighted by Gasteiger charge is 2.45. The van der Waals surface area contributed by atoms with Crippen molar-refractivity contribution in [2.45, 2.75) is 38.4 Å². The molecular formula is C21H21F3N6O2. The number of nitrogens with one attached hydrogen (secondary N) is 3. The second-order valence-electron chi connectivity index (χ2n) is 7.69. The molecule has 0 aromatic carbocycles. The van der Waals surface area contributed by atoms with Gasteiger partial charge < -0.3 is 15.2 Å². The number of piperidine rings is 1. The lowest BCUT2D eigenvalue weighted by Crippen LogP contribution is -2.49. The van der Waals surface area contributed by atoms with E-state index in [0.29, 0.717) is 35.1 Å². The number of hydrogen-bond donors (Lipinski definition) is 3. The molecule has 3 N–H and O–H groups in total. The number of carbonyl (C=O) groups is 1. The number of pyridine rings is 2. The molecule has 1 saturated heterocycles. The van der Waals surface area contributed by atoms with Gasteiger partial charge >= 0.3 is 6.18 Å². The Balaban J connectivity index is 1.69. The van der Waals surface area contributed by atoms with Crippen LogP contribution in [-0.2, 0) is 0 Å². The molecule has 1 unspecified atom stereocenters. The van der Waals surface area contributed by atoms with Crippen LogP contribution < -0.4 is 15.8 Å². The first-order valence-electron chi connectivity index (χ1n) is 10.1. The fraction of sp³-hybridized carbons (Fsp3) is 0.333. The summed E-state index contributed by atoms with van der Waals surface area (Å²) in [4.78, 5) is 32.6. The van der Waals surface area contributed by atoms with Gasteiger partial charge in [0.2, 0.25) is 5.56 Å². The van der Waals surface area contributed by atoms with Gasteiger partial charge in [-0.25, -0.2) is 4.98 Å². The van der Waals surface area contributed by atoms with E-state index in [9.17, 15) is 22.8 Å². The van der Waals surface area contributed by atoms with Gasteiger partial charge in [-0.3, -0.25) is 14.7 Å². The number of anilines is 2. The van der Waals surface area contributed by atoms with Crippen LogP contribution in [-0.4, -0.2) is 44.8 Å². The average molecular weight is 446 g/mol. The summed E-state index contributed by atoms with van der Waals surface area (Å²) in [5.74, 6) is -0.0616. The molecule has 0 spiro atoms. The summed E-state index contributed by atoms with van der Waals surface area (Å²) in [7, 11) is 0. The summed E-state index contributed by atoms with van der Waals surface area (Å²) in [6.45, 7) is 1.97. The Labute approximate surface area is 180 Å². The first kappa shape index (κ1) is 21.6. The number of hydrogen-bond acceptors (Lipinski definition) is 5. The third-order valence-electron chi connectivity index (χ3n) is 5.44. The van der Waals surface area contributed by atoms with Gasteiger partial charge in [-0.1, -0.05) is 0 Å². The molecule has 0 radical (unpaired) electrons. The summed E-state index contributed by atoms with van der Waals surface area (Å²) < 4.78 is 40.7. The first-order chi connectivity index (χ1) is 15.2. The quantitative estimate of drug-likeness (QED) is 0.567. The molecule has 4 rings (SSSR count). The van der Waals surface area contributed by atoms with E-state index in [1.54, 1.807) is 13.0 Å². The molecule has 4 heterocycles. The maximum absolute atomic E-state index is 13.6. The smallest absolute Gasteiger partial charge is 0.346 e. The molecule has 1 aliphatic rings. The Hall–Kier alpha value is -3.63. The van der Waals surface area contributed by atoms with Crippen LogP contribution >= 0.6 is 0 Å². The van der Waals surface area contributed by atoms with E-state index in [4.69, 9.17) is 0 Å². The molecule has 3 aromatic heterocycles. The van der Waals surface area contributed by atoms with E-state index in [2.05, 4.69) is 25.5 Å². The second-order valence-corrected chi connectivity index (χ2v) is 7.69. The molecule has 0 saturated carbocycles. The lowest BCUT2D eigenvalue weighted by atomic mass is 10.00. The van der Waals surface area contributed by atoms with Gasteiger partial charge in [0, 0.05) is 25.0 Å². The summed E-state index contributed by atoms with van der Waals surface area (Å²) in [6.07, 6.45) is 0.997. The lowest BCUT2D eigenvalue weighted by molar-refractivity contribution is -0.152. The van der Waals surface area contributed by atoms with E-state index >= 15 is 0 Å². The standard InChI is InChI=1S/C21H21F3N6O2/c1-12-9-25-17(28-20(32)14-10-26-27-11-14)8-15(12)13-6-18(29-19(31)7-13)30-5-3-2-4-16(30)21(22,23)24/h6-11,16H,2-5H2,1H3,(H,26,27)(H,29,31)(H,25,28,32). The maximum Gasteiger partial charge on any atom is 0.408 e. The molecule has 1 aliphatic heterocycles. The van der Waals surface area contributed by atoms with E-state index in [1.165, 1.54) is 35.6 Å². The number of carbonyl (C=O) groups excluding carboxylic acids is 1. The predicted molar refractivity (Wildman–Crippen MR) is 113 cm³/mol. The highest BCUT2D eigenvalue weighted by atomic mass is 19.4. The molecule has 1 fully saturated rings. The Morgan fingerprint density at radius 1 is 1.22 bits per heavy atom. The van der Waals surface area contributed by atoms with Crippen molar-refractivity contribution in [1.29, 1.82) is 0 Å². The fourth-order valence-electron chi connectivity index (χ4n) is 3.87. The van der Waals surface area contributed by atoms with Crippen molar-refractivity contribution in [3.8, 4) is 11.1 Å². The van der Waals surface area contributed by atoms with Crippen molar-refractivity contribution < 1.29 is 18.0 Å². The van der Waals surface area contributed by atoms with Gasteiger partial charge in [0.05, 0.1) is 11.8 Å². The zero-order valence-electron chi connectivity index (χ0n) is 17.2. The molecule has 1 amide bonds. The Kier molecular flexibility index (Phi) is 5.72. The fourth-order valence-corrected chi connectivity index (χ4v) is 3.87. The number of aryl methyl sites for hydroxylation is 1. The molecule has 0 bridgehead atoms. The van der Waals surface area contributed by atoms with Gasteiger partial charge in [0.15, 0.2) is 0 Å². The maximum atomic E-state index is 13.6. The Morgan fingerprint density at radius 3 is 2.75 bits per heavy atom. The number of halogens is 3. The SMILES string of the molecule is Cc1cnc(NC(=O)c2cn[nH]c2)cc1-c1cc(N2CCCCC2C(F)(F)F)[nH]c(=O)c1. The summed E-state index contributed by atoms with van der Waals surface area (Å²) in [5.41, 5.74) is 1.53. The number of aromatic amines is 2. The van der Waals surface area contributed by atoms with Gasteiger partial charge in [-0.05, 0) is 55.0 Å². The van der Waals surface area contributed by atoms with Crippen LogP contribution in [0.2, 0.25) is 0 Å². The normalized spacial score (nSPS) is 16.8. The van der Waals surface area contributed by atoms with Gasteiger partial charge in [0.1, 0.15) is 17.7 Å². The zero-order valence-corrected chi connectivity index (χ0v) is 17.2. The first-order valence-corrected chi connectivity index (χ1v) is 10.1. The summed E-state index contributed by atoms with van der Waals surface area (Å²) in [5, 5.41) is 8.91. The molecule has 11 heteroatoms. The van der Waals surface area contributed by atoms with Gasteiger partial charge in [0.25, 0.3) is 5.91 Å². The lowest BCUT2D eigenvalue weighted by Gasteiger charge is -2.38. The van der Waals surface area contributed by atoms with Crippen molar-refractivity contribution in [3.63, 3.8) is 0 Å². The zero-order chi connectivity index (χ0) is 22.9. The minimum Gasteiger partial charge on any atom is -0.346 e. The van der Waals surface area contributed by atoms with Crippen LogP contribution in [0, 0.1) is 6.92 Å². The minimum atomic E-state index is -4.40. The molecule has 1 atom stereocenters. The van der Waals surface area contributed by atoms with Crippen LogP contribution in [0.3, 0.4) is 0 Å².